The molecule has 0 fully saturated rings. The fraction of sp³-hybridized carbons (Fsp3) is 0.727. The van der Waals surface area contributed by atoms with Crippen molar-refractivity contribution in [3.8, 4) is 0 Å². The van der Waals surface area contributed by atoms with E-state index in [0.29, 0.717) is 0 Å². The van der Waals surface area contributed by atoms with Gasteiger partial charge in [0.05, 0.1) is 6.54 Å². The predicted molar refractivity (Wildman–Crippen MR) is 153 cm³/mol. The summed E-state index contributed by atoms with van der Waals surface area (Å²) in [4.78, 5) is 0. The van der Waals surface area contributed by atoms with Gasteiger partial charge in [-0.3, -0.25) is 0 Å². The quantitative estimate of drug-likeness (QED) is 0.110. The van der Waals surface area contributed by atoms with E-state index in [0.717, 1.165) is 6.54 Å². The number of aryl methyl sites for hydroxylation is 1. The first-order valence-corrected chi connectivity index (χ1v) is 15.5. The minimum absolute atomic E-state index is 0.999. The summed E-state index contributed by atoms with van der Waals surface area (Å²) in [5.41, 5.74) is 1.41. The van der Waals surface area contributed by atoms with Crippen LogP contribution in [0.3, 0.4) is 0 Å². The highest BCUT2D eigenvalue weighted by molar-refractivity contribution is 5.13. The number of hydrogen-bond donors (Lipinski definition) is 0. The number of hydrogen-bond acceptors (Lipinski definition) is 0. The van der Waals surface area contributed by atoms with Crippen LogP contribution in [0.4, 0.5) is 0 Å². The average molecular weight is 482 g/mol. The van der Waals surface area contributed by atoms with E-state index in [1.807, 2.05) is 0 Å². The fourth-order valence-electron chi connectivity index (χ4n) is 5.28. The Kier molecular flexibility index (Phi) is 17.5. The minimum atomic E-state index is 0.999. The maximum atomic E-state index is 2.57. The Labute approximate surface area is 218 Å². The van der Waals surface area contributed by atoms with Crippen molar-refractivity contribution in [1.29, 1.82) is 0 Å². The third-order valence-electron chi connectivity index (χ3n) is 7.54. The van der Waals surface area contributed by atoms with Gasteiger partial charge in [-0.15, -0.1) is 0 Å². The molecule has 0 radical (unpaired) electrons. The molecule has 0 unspecified atom stereocenters. The van der Waals surface area contributed by atoms with E-state index in [9.17, 15) is 0 Å². The van der Waals surface area contributed by atoms with Crippen LogP contribution in [-0.4, -0.2) is 4.57 Å². The van der Waals surface area contributed by atoms with E-state index in [-0.39, 0.29) is 0 Å². The first kappa shape index (κ1) is 29.7. The molecule has 0 amide bonds. The van der Waals surface area contributed by atoms with Gasteiger partial charge >= 0.3 is 0 Å². The Morgan fingerprint density at radius 3 is 1.60 bits per heavy atom. The lowest BCUT2D eigenvalue weighted by atomic mass is 10.1. The normalized spacial score (nSPS) is 11.4. The highest BCUT2D eigenvalue weighted by Gasteiger charge is 2.17. The van der Waals surface area contributed by atoms with Crippen molar-refractivity contribution in [2.45, 2.75) is 155 Å². The summed E-state index contributed by atoms with van der Waals surface area (Å²) >= 11 is 0. The van der Waals surface area contributed by atoms with Crippen LogP contribution in [0, 0.1) is 0 Å². The third kappa shape index (κ3) is 13.9. The molecule has 1 aromatic carbocycles. The smallest absolute Gasteiger partial charge is 0.234 e. The molecule has 0 saturated carbocycles. The lowest BCUT2D eigenvalue weighted by Crippen LogP contribution is -2.37. The highest BCUT2D eigenvalue weighted by atomic mass is 15.1. The van der Waals surface area contributed by atoms with Crippen molar-refractivity contribution in [1.82, 2.24) is 4.57 Å². The van der Waals surface area contributed by atoms with E-state index in [1.54, 1.807) is 0 Å². The number of nitrogens with zero attached hydrogens (tertiary/aromatic N) is 2. The van der Waals surface area contributed by atoms with Crippen molar-refractivity contribution in [2.75, 3.05) is 0 Å². The maximum absolute atomic E-state index is 2.57. The molecule has 0 aliphatic carbocycles. The van der Waals surface area contributed by atoms with Gasteiger partial charge in [-0.1, -0.05) is 147 Å². The van der Waals surface area contributed by atoms with Crippen molar-refractivity contribution in [2.24, 2.45) is 0 Å². The van der Waals surface area contributed by atoms with Gasteiger partial charge in [0.2, 0.25) is 0 Å². The van der Waals surface area contributed by atoms with Crippen LogP contribution in [0.2, 0.25) is 0 Å². The summed E-state index contributed by atoms with van der Waals surface area (Å²) in [5.74, 6) is 1.54. The first-order chi connectivity index (χ1) is 17.3. The molecule has 35 heavy (non-hydrogen) atoms. The molecule has 0 aliphatic rings. The first-order valence-electron chi connectivity index (χ1n) is 15.5. The zero-order valence-electron chi connectivity index (χ0n) is 23.5. The molecule has 0 aliphatic heterocycles. The molecule has 0 bridgehead atoms. The fourth-order valence-corrected chi connectivity index (χ4v) is 5.28. The van der Waals surface area contributed by atoms with Crippen molar-refractivity contribution >= 4 is 0 Å². The van der Waals surface area contributed by atoms with Gasteiger partial charge in [0.1, 0.15) is 18.9 Å². The van der Waals surface area contributed by atoms with E-state index in [4.69, 9.17) is 0 Å². The Bertz CT molecular complexity index is 718. The van der Waals surface area contributed by atoms with Crippen molar-refractivity contribution < 1.29 is 4.57 Å². The molecular weight excluding hydrogens is 424 g/mol. The lowest BCUT2D eigenvalue weighted by molar-refractivity contribution is -0.695. The van der Waals surface area contributed by atoms with Gasteiger partial charge in [-0.25, -0.2) is 9.13 Å². The molecule has 0 atom stereocenters. The number of aromatic nitrogens is 2. The Hall–Kier alpha value is -1.57. The standard InChI is InChI=1S/C33H57N2/c1-3-5-7-9-11-13-14-16-18-23-27-33-34(28-24-19-17-15-12-10-8-6-4-2)29-30-35(33)31-32-25-21-20-22-26-32/h20-22,25-26,29-30H,3-19,23-24,27-28,31H2,1-2H3/q+1. The van der Waals surface area contributed by atoms with Gasteiger partial charge in [-0.05, 0) is 24.8 Å². The van der Waals surface area contributed by atoms with Crippen LogP contribution >= 0.6 is 0 Å². The molecule has 0 N–H and O–H groups in total. The summed E-state index contributed by atoms with van der Waals surface area (Å²) in [5, 5.41) is 0. The summed E-state index contributed by atoms with van der Waals surface area (Å²) in [7, 11) is 0. The number of imidazole rings is 1. The minimum Gasteiger partial charge on any atom is -0.234 e. The number of benzene rings is 1. The van der Waals surface area contributed by atoms with Gasteiger partial charge in [0.15, 0.2) is 0 Å². The molecule has 198 valence electrons. The van der Waals surface area contributed by atoms with Crippen LogP contribution in [0.15, 0.2) is 42.7 Å². The molecular formula is C33H57N2+. The van der Waals surface area contributed by atoms with Crippen LogP contribution in [0.25, 0.3) is 0 Å². The Balaban J connectivity index is 1.73. The average Bonchev–Trinajstić information content (AvgIpc) is 3.25. The lowest BCUT2D eigenvalue weighted by Gasteiger charge is -2.07. The Morgan fingerprint density at radius 2 is 1.06 bits per heavy atom. The predicted octanol–water partition coefficient (Wildman–Crippen LogP) is 9.82. The summed E-state index contributed by atoms with van der Waals surface area (Å²) in [6.07, 6.45) is 32.6. The van der Waals surface area contributed by atoms with Crippen LogP contribution < -0.4 is 4.57 Å². The Morgan fingerprint density at radius 1 is 0.571 bits per heavy atom. The number of unbranched alkanes of at least 4 members (excludes halogenated alkanes) is 17. The third-order valence-corrected chi connectivity index (χ3v) is 7.54. The highest BCUT2D eigenvalue weighted by Crippen LogP contribution is 2.14. The van der Waals surface area contributed by atoms with Gasteiger partial charge in [-0.2, -0.15) is 0 Å². The molecule has 1 heterocycles. The van der Waals surface area contributed by atoms with Crippen molar-refractivity contribution in [3.63, 3.8) is 0 Å². The van der Waals surface area contributed by atoms with E-state index in [1.165, 1.54) is 146 Å². The second-order valence-corrected chi connectivity index (χ2v) is 10.8. The van der Waals surface area contributed by atoms with E-state index >= 15 is 0 Å². The molecule has 2 rings (SSSR count). The summed E-state index contributed by atoms with van der Waals surface area (Å²) < 4.78 is 5.08. The van der Waals surface area contributed by atoms with E-state index in [2.05, 4.69) is 65.7 Å². The molecule has 0 spiro atoms. The zero-order valence-corrected chi connectivity index (χ0v) is 23.5. The van der Waals surface area contributed by atoms with Crippen molar-refractivity contribution in [3.05, 3.63) is 54.1 Å². The maximum Gasteiger partial charge on any atom is 0.256 e. The van der Waals surface area contributed by atoms with Gasteiger partial charge in [0, 0.05) is 6.42 Å². The summed E-state index contributed by atoms with van der Waals surface area (Å²) in [6.45, 7) is 6.79. The second kappa shape index (κ2) is 20.6. The second-order valence-electron chi connectivity index (χ2n) is 10.8. The SMILES string of the molecule is CCCCCCCCCCCCc1n(CCCCCCCCCCC)cc[n+]1Cc1ccccc1. The van der Waals surface area contributed by atoms with Gasteiger partial charge < -0.3 is 0 Å². The van der Waals surface area contributed by atoms with E-state index < -0.39 is 0 Å². The topological polar surface area (TPSA) is 8.81 Å². The molecule has 2 aromatic rings. The van der Waals surface area contributed by atoms with Crippen LogP contribution in [0.1, 0.15) is 147 Å². The number of rotatable bonds is 23. The summed E-state index contributed by atoms with van der Waals surface area (Å²) in [6, 6.07) is 11.0. The molecule has 1 aromatic heterocycles. The van der Waals surface area contributed by atoms with Gasteiger partial charge in [0.25, 0.3) is 5.82 Å². The molecule has 2 nitrogen and oxygen atoms in total. The largest absolute Gasteiger partial charge is 0.256 e. The monoisotopic (exact) mass is 481 g/mol. The molecule has 2 heteroatoms. The molecule has 0 saturated heterocycles. The van der Waals surface area contributed by atoms with Crippen LogP contribution in [0.5, 0.6) is 0 Å². The van der Waals surface area contributed by atoms with Crippen LogP contribution in [-0.2, 0) is 19.5 Å². The zero-order chi connectivity index (χ0) is 24.8.